The summed E-state index contributed by atoms with van der Waals surface area (Å²) in [4.78, 5) is 0. The van der Waals surface area contributed by atoms with Gasteiger partial charge >= 0.3 is 0 Å². The van der Waals surface area contributed by atoms with Crippen LogP contribution in [-0.2, 0) is 5.41 Å². The molecule has 1 nitrogen and oxygen atoms in total. The van der Waals surface area contributed by atoms with Crippen molar-refractivity contribution in [2.75, 3.05) is 0 Å². The van der Waals surface area contributed by atoms with Crippen LogP contribution in [0, 0.1) is 0 Å². The van der Waals surface area contributed by atoms with Crippen molar-refractivity contribution >= 4 is 6.08 Å². The molecule has 1 aromatic carbocycles. The van der Waals surface area contributed by atoms with Crippen LogP contribution in [0.25, 0.3) is 6.08 Å². The maximum Gasteiger partial charge on any atom is 0.123 e. The van der Waals surface area contributed by atoms with Crippen molar-refractivity contribution in [3.63, 3.8) is 0 Å². The van der Waals surface area contributed by atoms with Crippen molar-refractivity contribution in [2.24, 2.45) is 0 Å². The molecule has 0 spiro atoms. The highest BCUT2D eigenvalue weighted by atomic mass is 16.3. The Labute approximate surface area is 123 Å². The molecule has 1 heteroatoms. The van der Waals surface area contributed by atoms with Gasteiger partial charge < -0.3 is 5.11 Å². The Balaban J connectivity index is 2.49. The largest absolute Gasteiger partial charge is 0.507 e. The van der Waals surface area contributed by atoms with Gasteiger partial charge in [0.1, 0.15) is 5.75 Å². The number of rotatable bonds is 5. The Hall–Kier alpha value is -1.50. The van der Waals surface area contributed by atoms with Crippen LogP contribution in [0.4, 0.5) is 0 Å². The van der Waals surface area contributed by atoms with Crippen molar-refractivity contribution in [3.8, 4) is 5.75 Å². The smallest absolute Gasteiger partial charge is 0.123 e. The zero-order valence-corrected chi connectivity index (χ0v) is 12.6. The van der Waals surface area contributed by atoms with Gasteiger partial charge in [0.15, 0.2) is 0 Å². The summed E-state index contributed by atoms with van der Waals surface area (Å²) in [7, 11) is 0. The van der Waals surface area contributed by atoms with Crippen LogP contribution >= 0.6 is 0 Å². The minimum atomic E-state index is 0.173. The highest BCUT2D eigenvalue weighted by molar-refractivity contribution is 5.62. The molecule has 1 fully saturated rings. The van der Waals surface area contributed by atoms with Crippen molar-refractivity contribution < 1.29 is 5.11 Å². The van der Waals surface area contributed by atoms with Crippen molar-refractivity contribution in [1.82, 2.24) is 0 Å². The first-order valence-electron chi connectivity index (χ1n) is 7.83. The molecule has 1 saturated carbocycles. The first kappa shape index (κ1) is 14.9. The zero-order chi connectivity index (χ0) is 14.4. The molecule has 0 saturated heterocycles. The summed E-state index contributed by atoms with van der Waals surface area (Å²) in [5.41, 5.74) is 2.49. The summed E-state index contributed by atoms with van der Waals surface area (Å²) in [6, 6.07) is 5.97. The van der Waals surface area contributed by atoms with E-state index < -0.39 is 0 Å². The Morgan fingerprint density at radius 2 is 2.00 bits per heavy atom. The SMILES string of the molecule is C=CCC1(c2cccc(O)c2C=CCC)CCCCC1. The van der Waals surface area contributed by atoms with Crippen LogP contribution in [0.2, 0.25) is 0 Å². The molecule has 20 heavy (non-hydrogen) atoms. The van der Waals surface area contributed by atoms with Crippen molar-refractivity contribution in [1.29, 1.82) is 0 Å². The Kier molecular flexibility index (Phi) is 5.05. The van der Waals surface area contributed by atoms with Crippen LogP contribution in [0.5, 0.6) is 5.75 Å². The predicted octanol–water partition coefficient (Wildman–Crippen LogP) is 5.59. The van der Waals surface area contributed by atoms with Gasteiger partial charge in [-0.25, -0.2) is 0 Å². The average molecular weight is 270 g/mol. The standard InChI is InChI=1S/C19H26O/c1-3-5-10-16-17(11-9-12-18(16)20)19(13-4-2)14-7-6-8-15-19/h4-5,9-12,20H,2-3,6-8,13-15H2,1H3. The molecule has 0 bridgehead atoms. The van der Waals surface area contributed by atoms with Crippen LogP contribution in [0.1, 0.15) is 63.0 Å². The third-order valence-corrected chi connectivity index (χ3v) is 4.52. The van der Waals surface area contributed by atoms with E-state index in [2.05, 4.69) is 31.7 Å². The lowest BCUT2D eigenvalue weighted by molar-refractivity contribution is 0.293. The van der Waals surface area contributed by atoms with Crippen molar-refractivity contribution in [3.05, 3.63) is 48.1 Å². The topological polar surface area (TPSA) is 20.2 Å². The molecule has 1 aliphatic carbocycles. The van der Waals surface area contributed by atoms with E-state index in [4.69, 9.17) is 0 Å². The molecule has 108 valence electrons. The van der Waals surface area contributed by atoms with Gasteiger partial charge in [-0.2, -0.15) is 0 Å². The first-order chi connectivity index (χ1) is 9.73. The number of hydrogen-bond acceptors (Lipinski definition) is 1. The van der Waals surface area contributed by atoms with E-state index in [1.54, 1.807) is 6.07 Å². The van der Waals surface area contributed by atoms with Gasteiger partial charge in [-0.05, 0) is 42.7 Å². The molecule has 0 amide bonds. The normalized spacial score (nSPS) is 18.2. The number of hydrogen-bond donors (Lipinski definition) is 1. The maximum atomic E-state index is 10.3. The molecular formula is C19H26O. The molecule has 0 heterocycles. The highest BCUT2D eigenvalue weighted by Crippen LogP contribution is 2.45. The number of phenols is 1. The quantitative estimate of drug-likeness (QED) is 0.691. The van der Waals surface area contributed by atoms with Crippen LogP contribution in [0.15, 0.2) is 36.9 Å². The van der Waals surface area contributed by atoms with E-state index >= 15 is 0 Å². The van der Waals surface area contributed by atoms with E-state index in [9.17, 15) is 5.11 Å². The molecule has 1 N–H and O–H groups in total. The van der Waals surface area contributed by atoms with E-state index in [0.717, 1.165) is 18.4 Å². The molecule has 0 aliphatic heterocycles. The number of phenolic OH excluding ortho intramolecular Hbond substituents is 1. The summed E-state index contributed by atoms with van der Waals surface area (Å²) in [6.45, 7) is 6.08. The third kappa shape index (κ3) is 2.98. The predicted molar refractivity (Wildman–Crippen MR) is 87.0 cm³/mol. The first-order valence-corrected chi connectivity index (χ1v) is 7.83. The molecule has 2 rings (SSSR count). The van der Waals surface area contributed by atoms with Crippen molar-refractivity contribution in [2.45, 2.75) is 57.3 Å². The van der Waals surface area contributed by atoms with E-state index in [1.165, 1.54) is 37.7 Å². The molecule has 0 radical (unpaired) electrons. The summed E-state index contributed by atoms with van der Waals surface area (Å²) < 4.78 is 0. The molecule has 0 aromatic heterocycles. The van der Waals surface area contributed by atoms with Gasteiger partial charge in [0, 0.05) is 5.56 Å². The van der Waals surface area contributed by atoms with Gasteiger partial charge in [-0.1, -0.05) is 56.5 Å². The second-order valence-electron chi connectivity index (χ2n) is 5.88. The van der Waals surface area contributed by atoms with Crippen LogP contribution in [-0.4, -0.2) is 5.11 Å². The minimum absolute atomic E-state index is 0.173. The molecule has 0 unspecified atom stereocenters. The van der Waals surface area contributed by atoms with Gasteiger partial charge in [-0.15, -0.1) is 6.58 Å². The summed E-state index contributed by atoms with van der Waals surface area (Å²) >= 11 is 0. The highest BCUT2D eigenvalue weighted by Gasteiger charge is 2.34. The molecule has 1 aromatic rings. The van der Waals surface area contributed by atoms with Gasteiger partial charge in [0.25, 0.3) is 0 Å². The van der Waals surface area contributed by atoms with Crippen LogP contribution < -0.4 is 0 Å². The second-order valence-corrected chi connectivity index (χ2v) is 5.88. The van der Waals surface area contributed by atoms with Gasteiger partial charge in [-0.3, -0.25) is 0 Å². The molecular weight excluding hydrogens is 244 g/mol. The Morgan fingerprint density at radius 1 is 1.25 bits per heavy atom. The van der Waals surface area contributed by atoms with Crippen LogP contribution in [0.3, 0.4) is 0 Å². The van der Waals surface area contributed by atoms with E-state index in [-0.39, 0.29) is 5.41 Å². The van der Waals surface area contributed by atoms with Gasteiger partial charge in [0.2, 0.25) is 0 Å². The summed E-state index contributed by atoms with van der Waals surface area (Å²) in [6.07, 6.45) is 14.5. The van der Waals surface area contributed by atoms with E-state index in [0.29, 0.717) is 5.75 Å². The minimum Gasteiger partial charge on any atom is -0.507 e. The lowest BCUT2D eigenvalue weighted by atomic mass is 9.66. The fourth-order valence-corrected chi connectivity index (χ4v) is 3.51. The summed E-state index contributed by atoms with van der Waals surface area (Å²) in [5.74, 6) is 0.404. The zero-order valence-electron chi connectivity index (χ0n) is 12.6. The Morgan fingerprint density at radius 3 is 2.65 bits per heavy atom. The lowest BCUT2D eigenvalue weighted by Gasteiger charge is -2.38. The lowest BCUT2D eigenvalue weighted by Crippen LogP contribution is -2.29. The fourth-order valence-electron chi connectivity index (χ4n) is 3.51. The number of aromatic hydroxyl groups is 1. The Bertz CT molecular complexity index is 479. The number of allylic oxidation sites excluding steroid dienone is 2. The second kappa shape index (κ2) is 6.78. The molecule has 1 aliphatic rings. The summed E-state index contributed by atoms with van der Waals surface area (Å²) in [5, 5.41) is 10.3. The maximum absolute atomic E-state index is 10.3. The fraction of sp³-hybridized carbons (Fsp3) is 0.474. The van der Waals surface area contributed by atoms with Gasteiger partial charge in [0.05, 0.1) is 0 Å². The monoisotopic (exact) mass is 270 g/mol. The number of benzene rings is 1. The molecule has 0 atom stereocenters. The average Bonchev–Trinajstić information content (AvgIpc) is 2.47. The van der Waals surface area contributed by atoms with E-state index in [1.807, 2.05) is 12.1 Å². The third-order valence-electron chi connectivity index (χ3n) is 4.52.